The van der Waals surface area contributed by atoms with E-state index in [9.17, 15) is 10.1 Å². The van der Waals surface area contributed by atoms with Gasteiger partial charge in [-0.25, -0.2) is 0 Å². The molecule has 0 aromatic heterocycles. The first-order valence-electron chi connectivity index (χ1n) is 7.16. The van der Waals surface area contributed by atoms with Gasteiger partial charge in [0.1, 0.15) is 12.4 Å². The van der Waals surface area contributed by atoms with Gasteiger partial charge in [0.15, 0.2) is 0 Å². The lowest BCUT2D eigenvalue weighted by Crippen LogP contribution is -1.94. The molecule has 0 heterocycles. The van der Waals surface area contributed by atoms with E-state index in [4.69, 9.17) is 4.74 Å². The van der Waals surface area contributed by atoms with E-state index < -0.39 is 4.92 Å². The molecule has 0 N–H and O–H groups in total. The highest BCUT2D eigenvalue weighted by Crippen LogP contribution is 2.25. The third-order valence-corrected chi connectivity index (χ3v) is 3.42. The standard InChI is InChI=1S/C19H14NO3/c21-20(22)18-8-4-7-17(13-18)16-9-11-19(12-10-16)23-14-15-5-2-1-3-6-15/h1-7,9-13H,14H2. The predicted octanol–water partition coefficient (Wildman–Crippen LogP) is 4.64. The van der Waals surface area contributed by atoms with Crippen LogP contribution in [0.4, 0.5) is 5.69 Å². The molecule has 4 heteroatoms. The van der Waals surface area contributed by atoms with Crippen molar-refractivity contribution >= 4 is 5.69 Å². The molecule has 23 heavy (non-hydrogen) atoms. The second kappa shape index (κ2) is 6.75. The Bertz CT molecular complexity index is 798. The van der Waals surface area contributed by atoms with E-state index in [1.54, 1.807) is 12.1 Å². The van der Waals surface area contributed by atoms with Crippen molar-refractivity contribution in [2.24, 2.45) is 0 Å². The molecule has 0 amide bonds. The molecule has 0 atom stereocenters. The highest BCUT2D eigenvalue weighted by atomic mass is 16.6. The zero-order chi connectivity index (χ0) is 16.1. The zero-order valence-electron chi connectivity index (χ0n) is 12.3. The maximum Gasteiger partial charge on any atom is 0.278 e. The average Bonchev–Trinajstić information content (AvgIpc) is 2.61. The predicted molar refractivity (Wildman–Crippen MR) is 88.1 cm³/mol. The summed E-state index contributed by atoms with van der Waals surface area (Å²) in [6.45, 7) is 0.506. The van der Waals surface area contributed by atoms with E-state index in [-0.39, 0.29) is 5.69 Å². The number of rotatable bonds is 5. The first-order chi connectivity index (χ1) is 11.2. The molecule has 0 aliphatic rings. The maximum atomic E-state index is 10.8. The summed E-state index contributed by atoms with van der Waals surface area (Å²) >= 11 is 0. The van der Waals surface area contributed by atoms with E-state index in [1.807, 2.05) is 54.6 Å². The number of hydrogen-bond acceptors (Lipinski definition) is 3. The Balaban J connectivity index is 1.72. The molecule has 0 bridgehead atoms. The van der Waals surface area contributed by atoms with E-state index in [0.29, 0.717) is 6.61 Å². The SMILES string of the molecule is O=[N+]([O-])c1[c]ccc(-c2ccc(OCc3ccccc3)cc2)c1. The lowest BCUT2D eigenvalue weighted by atomic mass is 10.1. The van der Waals surface area contributed by atoms with Crippen LogP contribution < -0.4 is 4.74 Å². The summed E-state index contributed by atoms with van der Waals surface area (Å²) in [5.41, 5.74) is 2.75. The van der Waals surface area contributed by atoms with Crippen LogP contribution in [-0.4, -0.2) is 4.92 Å². The fourth-order valence-electron chi connectivity index (χ4n) is 2.22. The van der Waals surface area contributed by atoms with Crippen LogP contribution in [0, 0.1) is 16.2 Å². The summed E-state index contributed by atoms with van der Waals surface area (Å²) in [5.74, 6) is 0.759. The first kappa shape index (κ1) is 14.8. The molecule has 0 saturated heterocycles. The minimum Gasteiger partial charge on any atom is -0.489 e. The molecule has 3 aromatic rings. The van der Waals surface area contributed by atoms with Gasteiger partial charge in [0.2, 0.25) is 0 Å². The van der Waals surface area contributed by atoms with Gasteiger partial charge in [-0.15, -0.1) is 0 Å². The lowest BCUT2D eigenvalue weighted by molar-refractivity contribution is -0.385. The summed E-state index contributed by atoms with van der Waals surface area (Å²) in [6, 6.07) is 24.9. The molecule has 0 spiro atoms. The average molecular weight is 304 g/mol. The van der Waals surface area contributed by atoms with Gasteiger partial charge in [-0.1, -0.05) is 48.5 Å². The Morgan fingerprint density at radius 2 is 1.70 bits per heavy atom. The van der Waals surface area contributed by atoms with Crippen LogP contribution in [0.25, 0.3) is 11.1 Å². The fraction of sp³-hybridized carbons (Fsp3) is 0.0526. The minimum absolute atomic E-state index is 0.0353. The minimum atomic E-state index is -0.444. The normalized spacial score (nSPS) is 10.3. The molecule has 4 nitrogen and oxygen atoms in total. The quantitative estimate of drug-likeness (QED) is 0.509. The molecule has 0 aliphatic heterocycles. The van der Waals surface area contributed by atoms with Gasteiger partial charge in [0.05, 0.1) is 11.0 Å². The Morgan fingerprint density at radius 3 is 2.39 bits per heavy atom. The second-order valence-electron chi connectivity index (χ2n) is 5.02. The van der Waals surface area contributed by atoms with Crippen LogP contribution in [0.2, 0.25) is 0 Å². The molecule has 3 aromatic carbocycles. The van der Waals surface area contributed by atoms with Gasteiger partial charge in [-0.3, -0.25) is 10.1 Å². The maximum absolute atomic E-state index is 10.8. The van der Waals surface area contributed by atoms with E-state index in [1.165, 1.54) is 6.07 Å². The Kier molecular flexibility index (Phi) is 4.34. The summed E-state index contributed by atoms with van der Waals surface area (Å²) in [6.07, 6.45) is 0. The van der Waals surface area contributed by atoms with Gasteiger partial charge < -0.3 is 4.74 Å². The smallest absolute Gasteiger partial charge is 0.278 e. The molecule has 0 saturated carbocycles. The van der Waals surface area contributed by atoms with Crippen molar-refractivity contribution in [3.8, 4) is 16.9 Å². The number of nitrogens with zero attached hydrogens (tertiary/aromatic N) is 1. The summed E-state index contributed by atoms with van der Waals surface area (Å²) in [4.78, 5) is 10.4. The number of non-ortho nitro benzene ring substituents is 1. The molecular formula is C19H14NO3. The van der Waals surface area contributed by atoms with Gasteiger partial charge in [-0.2, -0.15) is 0 Å². The number of nitro groups is 1. The highest BCUT2D eigenvalue weighted by molar-refractivity contribution is 5.66. The molecule has 0 unspecified atom stereocenters. The van der Waals surface area contributed by atoms with Crippen molar-refractivity contribution in [1.82, 2.24) is 0 Å². The van der Waals surface area contributed by atoms with Crippen molar-refractivity contribution in [1.29, 1.82) is 0 Å². The fourth-order valence-corrected chi connectivity index (χ4v) is 2.22. The molecular weight excluding hydrogens is 290 g/mol. The Labute approximate surface area is 134 Å². The number of hydrogen-bond donors (Lipinski definition) is 0. The Hall–Kier alpha value is -3.14. The van der Waals surface area contributed by atoms with Gasteiger partial charge >= 0.3 is 0 Å². The molecule has 0 aliphatic carbocycles. The van der Waals surface area contributed by atoms with Crippen LogP contribution in [0.5, 0.6) is 5.75 Å². The van der Waals surface area contributed by atoms with Gasteiger partial charge in [0.25, 0.3) is 5.69 Å². The molecule has 113 valence electrons. The van der Waals surface area contributed by atoms with E-state index in [2.05, 4.69) is 6.07 Å². The van der Waals surface area contributed by atoms with E-state index in [0.717, 1.165) is 22.4 Å². The van der Waals surface area contributed by atoms with Crippen LogP contribution in [-0.2, 0) is 6.61 Å². The number of benzene rings is 3. The number of nitro benzene ring substituents is 1. The lowest BCUT2D eigenvalue weighted by Gasteiger charge is -2.07. The summed E-state index contributed by atoms with van der Waals surface area (Å²) in [7, 11) is 0. The summed E-state index contributed by atoms with van der Waals surface area (Å²) < 4.78 is 5.73. The molecule has 3 rings (SSSR count). The topological polar surface area (TPSA) is 52.4 Å². The number of ether oxygens (including phenoxy) is 1. The van der Waals surface area contributed by atoms with Crippen LogP contribution in [0.1, 0.15) is 5.56 Å². The molecule has 0 fully saturated rings. The van der Waals surface area contributed by atoms with Crippen LogP contribution in [0.3, 0.4) is 0 Å². The van der Waals surface area contributed by atoms with Crippen molar-refractivity contribution in [2.45, 2.75) is 6.61 Å². The van der Waals surface area contributed by atoms with Crippen LogP contribution >= 0.6 is 0 Å². The van der Waals surface area contributed by atoms with Crippen molar-refractivity contribution < 1.29 is 9.66 Å². The van der Waals surface area contributed by atoms with Crippen molar-refractivity contribution in [3.05, 3.63) is 94.5 Å². The Morgan fingerprint density at radius 1 is 0.957 bits per heavy atom. The molecule has 1 radical (unpaired) electrons. The second-order valence-corrected chi connectivity index (χ2v) is 5.02. The first-order valence-corrected chi connectivity index (χ1v) is 7.16. The zero-order valence-corrected chi connectivity index (χ0v) is 12.3. The third-order valence-electron chi connectivity index (χ3n) is 3.42. The van der Waals surface area contributed by atoms with Crippen molar-refractivity contribution in [3.63, 3.8) is 0 Å². The third kappa shape index (κ3) is 3.74. The van der Waals surface area contributed by atoms with Gasteiger partial charge in [0, 0.05) is 6.07 Å². The van der Waals surface area contributed by atoms with E-state index >= 15 is 0 Å². The highest BCUT2D eigenvalue weighted by Gasteiger charge is 2.07. The monoisotopic (exact) mass is 304 g/mol. The summed E-state index contributed by atoms with van der Waals surface area (Å²) in [5, 5.41) is 10.8. The van der Waals surface area contributed by atoms with Crippen molar-refractivity contribution in [2.75, 3.05) is 0 Å². The van der Waals surface area contributed by atoms with Crippen LogP contribution in [0.15, 0.2) is 72.8 Å². The van der Waals surface area contributed by atoms with Gasteiger partial charge in [-0.05, 0) is 34.9 Å². The largest absolute Gasteiger partial charge is 0.489 e.